The lowest BCUT2D eigenvalue weighted by Crippen LogP contribution is -2.50. The van der Waals surface area contributed by atoms with E-state index in [0.29, 0.717) is 5.69 Å². The van der Waals surface area contributed by atoms with Gasteiger partial charge in [0.15, 0.2) is 6.61 Å². The summed E-state index contributed by atoms with van der Waals surface area (Å²) < 4.78 is 6.21. The highest BCUT2D eigenvalue weighted by Crippen LogP contribution is 2.53. The number of carbonyl (C=O) groups excluding carboxylic acids is 4. The highest BCUT2D eigenvalue weighted by atomic mass is 79.9. The topological polar surface area (TPSA) is 92.8 Å². The second-order valence-corrected chi connectivity index (χ2v) is 10.1. The van der Waals surface area contributed by atoms with Gasteiger partial charge < -0.3 is 10.1 Å². The first-order valence-corrected chi connectivity index (χ1v) is 11.7. The molecule has 0 radical (unpaired) electrons. The Morgan fingerprint density at radius 3 is 2.25 bits per heavy atom. The normalized spacial score (nSPS) is 26.6. The van der Waals surface area contributed by atoms with Crippen LogP contribution >= 0.6 is 15.9 Å². The Hall–Kier alpha value is -2.48. The average Bonchev–Trinajstić information content (AvgIpc) is 3.42. The number of rotatable bonds is 6. The molecule has 1 aromatic rings. The maximum Gasteiger partial charge on any atom is 0.330 e. The number of halogens is 1. The fourth-order valence-electron chi connectivity index (χ4n) is 5.21. The molecule has 3 aliphatic rings. The summed E-state index contributed by atoms with van der Waals surface area (Å²) in [5, 5.41) is 2.75. The minimum atomic E-state index is -1.04. The molecule has 0 unspecified atom stereocenters. The van der Waals surface area contributed by atoms with E-state index in [1.165, 1.54) is 0 Å². The molecule has 1 saturated heterocycles. The van der Waals surface area contributed by atoms with Crippen molar-refractivity contribution in [2.75, 3.05) is 11.9 Å². The Morgan fingerprint density at radius 1 is 1.09 bits per heavy atom. The zero-order valence-corrected chi connectivity index (χ0v) is 20.1. The van der Waals surface area contributed by atoms with E-state index < -0.39 is 24.5 Å². The Labute approximate surface area is 195 Å². The molecular formula is C24H27BrN2O5. The number of ether oxygens (including phenoxy) is 1. The molecule has 4 rings (SSSR count). The average molecular weight is 503 g/mol. The van der Waals surface area contributed by atoms with Crippen LogP contribution in [0.3, 0.4) is 0 Å². The van der Waals surface area contributed by atoms with Crippen molar-refractivity contribution < 1.29 is 23.9 Å². The van der Waals surface area contributed by atoms with E-state index in [-0.39, 0.29) is 41.4 Å². The quantitative estimate of drug-likeness (QED) is 0.365. The highest BCUT2D eigenvalue weighted by Gasteiger charge is 2.61. The van der Waals surface area contributed by atoms with E-state index in [0.717, 1.165) is 26.9 Å². The van der Waals surface area contributed by atoms with Crippen molar-refractivity contribution in [1.82, 2.24) is 4.90 Å². The van der Waals surface area contributed by atoms with Crippen molar-refractivity contribution in [3.05, 3.63) is 39.9 Å². The molecule has 0 aromatic heterocycles. The smallest absolute Gasteiger partial charge is 0.330 e. The van der Waals surface area contributed by atoms with E-state index in [1.807, 2.05) is 32.1 Å². The molecule has 1 saturated carbocycles. The highest BCUT2D eigenvalue weighted by molar-refractivity contribution is 9.10. The first-order valence-electron chi connectivity index (χ1n) is 10.9. The molecule has 1 aliphatic heterocycles. The van der Waals surface area contributed by atoms with Crippen molar-refractivity contribution in [2.24, 2.45) is 29.6 Å². The van der Waals surface area contributed by atoms with Crippen LogP contribution in [0.4, 0.5) is 5.69 Å². The summed E-state index contributed by atoms with van der Waals surface area (Å²) in [6, 6.07) is 2.57. The maximum absolute atomic E-state index is 13.1. The number of allylic oxidation sites excluding steroid dienone is 2. The number of hydrogen-bond acceptors (Lipinski definition) is 5. The number of anilines is 1. The van der Waals surface area contributed by atoms with Crippen LogP contribution in [0.15, 0.2) is 28.8 Å². The summed E-state index contributed by atoms with van der Waals surface area (Å²) in [5.41, 5.74) is 2.54. The maximum atomic E-state index is 13.1. The van der Waals surface area contributed by atoms with Gasteiger partial charge in [0, 0.05) is 10.2 Å². The Kier molecular flexibility index (Phi) is 6.00. The van der Waals surface area contributed by atoms with Crippen LogP contribution in [0.1, 0.15) is 31.4 Å². The number of likely N-dealkylation sites (tertiary alicyclic amines) is 1. The first kappa shape index (κ1) is 22.7. The van der Waals surface area contributed by atoms with Gasteiger partial charge in [0.2, 0.25) is 11.8 Å². The third-order valence-corrected chi connectivity index (χ3v) is 7.86. The van der Waals surface area contributed by atoms with Crippen LogP contribution in [-0.4, -0.2) is 41.2 Å². The molecular weight excluding hydrogens is 476 g/mol. The predicted molar refractivity (Wildman–Crippen MR) is 121 cm³/mol. The van der Waals surface area contributed by atoms with E-state index >= 15 is 0 Å². The van der Waals surface area contributed by atoms with Crippen LogP contribution in [-0.2, 0) is 23.9 Å². The second kappa shape index (κ2) is 8.46. The number of esters is 1. The summed E-state index contributed by atoms with van der Waals surface area (Å²) in [4.78, 5) is 52.6. The van der Waals surface area contributed by atoms with Gasteiger partial charge in [0.25, 0.3) is 5.91 Å². The standard InChI is InChI=1S/C24H27BrN2O5/c1-11(2)21(27-22(29)19-14-5-6-15(9-14)20(19)23(27)30)24(31)32-10-18(28)26-17-8-7-16(25)12(3)13(17)4/h5-8,11,14-15,19-21H,9-10H2,1-4H3,(H,26,28)/t14-,15-,19-,20+,21+/m0/s1. The van der Waals surface area contributed by atoms with Gasteiger partial charge in [-0.15, -0.1) is 0 Å². The molecule has 170 valence electrons. The fourth-order valence-corrected chi connectivity index (χ4v) is 5.64. The number of fused-ring (bicyclic) bond motifs is 5. The van der Waals surface area contributed by atoms with Crippen LogP contribution in [0.25, 0.3) is 0 Å². The lowest BCUT2D eigenvalue weighted by Gasteiger charge is -2.28. The molecule has 8 heteroatoms. The zero-order valence-electron chi connectivity index (χ0n) is 18.6. The molecule has 32 heavy (non-hydrogen) atoms. The van der Waals surface area contributed by atoms with Gasteiger partial charge in [-0.1, -0.05) is 41.9 Å². The van der Waals surface area contributed by atoms with Crippen LogP contribution in [0.2, 0.25) is 0 Å². The second-order valence-electron chi connectivity index (χ2n) is 9.24. The summed E-state index contributed by atoms with van der Waals surface area (Å²) in [6.45, 7) is 6.86. The molecule has 2 aliphatic carbocycles. The van der Waals surface area contributed by atoms with Gasteiger partial charge in [-0.25, -0.2) is 4.79 Å². The largest absolute Gasteiger partial charge is 0.454 e. The van der Waals surface area contributed by atoms with E-state index in [4.69, 9.17) is 4.74 Å². The van der Waals surface area contributed by atoms with Crippen molar-refractivity contribution in [2.45, 2.75) is 40.2 Å². The number of nitrogens with zero attached hydrogens (tertiary/aromatic N) is 1. The van der Waals surface area contributed by atoms with Crippen molar-refractivity contribution in [3.63, 3.8) is 0 Å². The number of amides is 3. The predicted octanol–water partition coefficient (Wildman–Crippen LogP) is 3.38. The van der Waals surface area contributed by atoms with Gasteiger partial charge in [0.1, 0.15) is 6.04 Å². The Morgan fingerprint density at radius 2 is 1.69 bits per heavy atom. The number of hydrogen-bond donors (Lipinski definition) is 1. The van der Waals surface area contributed by atoms with Crippen LogP contribution in [0.5, 0.6) is 0 Å². The SMILES string of the molecule is Cc1c(Br)ccc(NC(=O)COC(=O)[C@@H](C(C)C)N2C(=O)[C@@H]3[C@H](C2=O)[C@H]2C=C[C@H]3C2)c1C. The first-order chi connectivity index (χ1) is 15.1. The summed E-state index contributed by atoms with van der Waals surface area (Å²) >= 11 is 3.45. The monoisotopic (exact) mass is 502 g/mol. The van der Waals surface area contributed by atoms with E-state index in [9.17, 15) is 19.2 Å². The van der Waals surface area contributed by atoms with Gasteiger partial charge in [-0.05, 0) is 61.3 Å². The molecule has 7 nitrogen and oxygen atoms in total. The summed E-state index contributed by atoms with van der Waals surface area (Å²) in [7, 11) is 0. The van der Waals surface area contributed by atoms with Gasteiger partial charge >= 0.3 is 5.97 Å². The molecule has 1 heterocycles. The van der Waals surface area contributed by atoms with Crippen LogP contribution in [0, 0.1) is 43.4 Å². The lowest BCUT2D eigenvalue weighted by molar-refractivity contribution is -0.162. The number of imide groups is 1. The minimum absolute atomic E-state index is 0.0682. The molecule has 1 N–H and O–H groups in total. The van der Waals surface area contributed by atoms with Gasteiger partial charge in [-0.2, -0.15) is 0 Å². The lowest BCUT2D eigenvalue weighted by atomic mass is 9.85. The molecule has 2 fully saturated rings. The van der Waals surface area contributed by atoms with Crippen molar-refractivity contribution in [1.29, 1.82) is 0 Å². The third-order valence-electron chi connectivity index (χ3n) is 7.00. The third kappa shape index (κ3) is 3.68. The molecule has 3 amide bonds. The van der Waals surface area contributed by atoms with Gasteiger partial charge in [0.05, 0.1) is 11.8 Å². The molecule has 1 aromatic carbocycles. The van der Waals surface area contributed by atoms with Crippen LogP contribution < -0.4 is 5.32 Å². The van der Waals surface area contributed by atoms with Crippen molar-refractivity contribution in [3.8, 4) is 0 Å². The molecule has 5 atom stereocenters. The summed E-state index contributed by atoms with van der Waals surface area (Å²) in [5.74, 6) is -2.76. The number of nitrogens with one attached hydrogen (secondary N) is 1. The van der Waals surface area contributed by atoms with Gasteiger partial charge in [-0.3, -0.25) is 19.3 Å². The molecule has 2 bridgehead atoms. The van der Waals surface area contributed by atoms with Crippen molar-refractivity contribution >= 4 is 45.3 Å². The van der Waals surface area contributed by atoms with E-state index in [2.05, 4.69) is 21.2 Å². The molecule has 0 spiro atoms. The van der Waals surface area contributed by atoms with E-state index in [1.54, 1.807) is 19.9 Å². The summed E-state index contributed by atoms with van der Waals surface area (Å²) in [6.07, 6.45) is 4.85. The zero-order chi connectivity index (χ0) is 23.3. The number of carbonyl (C=O) groups is 4. The Balaban J connectivity index is 1.42. The number of benzene rings is 1. The Bertz CT molecular complexity index is 1000. The fraction of sp³-hybridized carbons (Fsp3) is 0.500. The minimum Gasteiger partial charge on any atom is -0.454 e.